The molecule has 0 saturated carbocycles. The summed E-state index contributed by atoms with van der Waals surface area (Å²) in [6.45, 7) is 3.64. The number of aromatic nitrogens is 4. The highest BCUT2D eigenvalue weighted by Crippen LogP contribution is 2.30. The Labute approximate surface area is 179 Å². The molecule has 1 atom stereocenters. The van der Waals surface area contributed by atoms with Gasteiger partial charge in [-0.25, -0.2) is 19.3 Å². The van der Waals surface area contributed by atoms with Crippen molar-refractivity contribution in [3.8, 4) is 17.1 Å². The van der Waals surface area contributed by atoms with E-state index >= 15 is 0 Å². The van der Waals surface area contributed by atoms with E-state index in [1.807, 2.05) is 37.3 Å². The summed E-state index contributed by atoms with van der Waals surface area (Å²) in [5.41, 5.74) is 4.57. The Bertz CT molecular complexity index is 1250. The number of nitrogens with zero attached hydrogens (tertiary/aromatic N) is 3. The quantitative estimate of drug-likeness (QED) is 0.495. The SMILES string of the molecule is CC(Oc1ccc(-c2nc3c(C4=CCNCC4)ncnc3[nH]2)c(F)c1)c1ccccc1. The van der Waals surface area contributed by atoms with Crippen molar-refractivity contribution in [2.45, 2.75) is 19.4 Å². The van der Waals surface area contributed by atoms with Gasteiger partial charge in [-0.3, -0.25) is 0 Å². The molecule has 156 valence electrons. The van der Waals surface area contributed by atoms with E-state index in [4.69, 9.17) is 4.74 Å². The summed E-state index contributed by atoms with van der Waals surface area (Å²) >= 11 is 0. The molecule has 31 heavy (non-hydrogen) atoms. The molecule has 1 aliphatic rings. The molecule has 2 N–H and O–H groups in total. The van der Waals surface area contributed by atoms with E-state index in [0.717, 1.165) is 36.3 Å². The molecular weight excluding hydrogens is 393 g/mol. The van der Waals surface area contributed by atoms with Crippen LogP contribution in [0, 0.1) is 5.82 Å². The molecule has 0 amide bonds. The van der Waals surface area contributed by atoms with E-state index in [-0.39, 0.29) is 6.10 Å². The standard InChI is InChI=1S/C24H22FN5O/c1-15(16-5-3-2-4-6-16)31-18-7-8-19(20(25)13-18)23-29-22-21(17-9-11-26-12-10-17)27-14-28-24(22)30-23/h2-9,13-15,26H,10-12H2,1H3,(H,27,28,29,30). The number of imidazole rings is 1. The lowest BCUT2D eigenvalue weighted by Crippen LogP contribution is -2.20. The van der Waals surface area contributed by atoms with Crippen molar-refractivity contribution < 1.29 is 9.13 Å². The average molecular weight is 415 g/mol. The number of H-pyrrole nitrogens is 1. The fraction of sp³-hybridized carbons (Fsp3) is 0.208. The van der Waals surface area contributed by atoms with Crippen LogP contribution >= 0.6 is 0 Å². The maximum atomic E-state index is 15.0. The van der Waals surface area contributed by atoms with Gasteiger partial charge in [0.2, 0.25) is 0 Å². The lowest BCUT2D eigenvalue weighted by atomic mass is 10.1. The van der Waals surface area contributed by atoms with Gasteiger partial charge in [0, 0.05) is 12.6 Å². The fourth-order valence-electron chi connectivity index (χ4n) is 3.79. The molecule has 6 nitrogen and oxygen atoms in total. The highest BCUT2D eigenvalue weighted by Gasteiger charge is 2.18. The van der Waals surface area contributed by atoms with Gasteiger partial charge in [0.1, 0.15) is 35.3 Å². The molecule has 0 bridgehead atoms. The first-order valence-corrected chi connectivity index (χ1v) is 10.3. The van der Waals surface area contributed by atoms with E-state index < -0.39 is 5.82 Å². The number of nitrogens with one attached hydrogen (secondary N) is 2. The number of hydrogen-bond acceptors (Lipinski definition) is 5. The number of ether oxygens (including phenoxy) is 1. The second-order valence-electron chi connectivity index (χ2n) is 7.50. The topological polar surface area (TPSA) is 75.7 Å². The number of benzene rings is 2. The smallest absolute Gasteiger partial charge is 0.161 e. The first-order valence-electron chi connectivity index (χ1n) is 10.3. The Kier molecular flexibility index (Phi) is 5.18. The molecule has 0 radical (unpaired) electrons. The molecule has 2 aromatic heterocycles. The Hall–Kier alpha value is -3.58. The molecule has 0 aliphatic carbocycles. The van der Waals surface area contributed by atoms with Crippen molar-refractivity contribution >= 4 is 16.7 Å². The number of fused-ring (bicyclic) bond motifs is 1. The molecule has 0 fully saturated rings. The number of aromatic amines is 1. The van der Waals surface area contributed by atoms with Crippen molar-refractivity contribution in [3.63, 3.8) is 0 Å². The Morgan fingerprint density at radius 1 is 1.10 bits per heavy atom. The van der Waals surface area contributed by atoms with Gasteiger partial charge in [0.25, 0.3) is 0 Å². The van der Waals surface area contributed by atoms with Crippen LogP contribution < -0.4 is 10.1 Å². The van der Waals surface area contributed by atoms with Crippen LogP contribution in [0.4, 0.5) is 4.39 Å². The van der Waals surface area contributed by atoms with Gasteiger partial charge >= 0.3 is 0 Å². The zero-order valence-electron chi connectivity index (χ0n) is 17.1. The number of rotatable bonds is 5. The van der Waals surface area contributed by atoms with E-state index in [0.29, 0.717) is 28.3 Å². The lowest BCUT2D eigenvalue weighted by Gasteiger charge is -2.15. The summed E-state index contributed by atoms with van der Waals surface area (Å²) in [6, 6.07) is 14.7. The third-order valence-electron chi connectivity index (χ3n) is 5.43. The van der Waals surface area contributed by atoms with Crippen molar-refractivity contribution in [2.75, 3.05) is 13.1 Å². The van der Waals surface area contributed by atoms with Gasteiger partial charge in [-0.2, -0.15) is 0 Å². The van der Waals surface area contributed by atoms with E-state index in [9.17, 15) is 4.39 Å². The van der Waals surface area contributed by atoms with Crippen LogP contribution in [0.1, 0.15) is 30.7 Å². The van der Waals surface area contributed by atoms with Gasteiger partial charge in [-0.05, 0) is 43.2 Å². The van der Waals surface area contributed by atoms with Crippen LogP contribution in [0.3, 0.4) is 0 Å². The summed E-state index contributed by atoms with van der Waals surface area (Å²) in [5, 5.41) is 3.29. The largest absolute Gasteiger partial charge is 0.486 e. The van der Waals surface area contributed by atoms with E-state index in [1.165, 1.54) is 12.4 Å². The normalized spacial score (nSPS) is 15.0. The minimum Gasteiger partial charge on any atom is -0.486 e. The second-order valence-corrected chi connectivity index (χ2v) is 7.50. The second kappa shape index (κ2) is 8.28. The molecule has 0 spiro atoms. The first kappa shape index (κ1) is 19.4. The Balaban J connectivity index is 1.44. The molecule has 3 heterocycles. The van der Waals surface area contributed by atoms with Gasteiger partial charge in [0.15, 0.2) is 5.65 Å². The van der Waals surface area contributed by atoms with Crippen LogP contribution in [-0.2, 0) is 0 Å². The van der Waals surface area contributed by atoms with Crippen LogP contribution in [0.2, 0.25) is 0 Å². The van der Waals surface area contributed by atoms with Gasteiger partial charge in [0.05, 0.1) is 11.3 Å². The Morgan fingerprint density at radius 3 is 2.74 bits per heavy atom. The predicted molar refractivity (Wildman–Crippen MR) is 118 cm³/mol. The van der Waals surface area contributed by atoms with E-state index in [2.05, 4.69) is 31.3 Å². The zero-order chi connectivity index (χ0) is 21.2. The molecule has 5 rings (SSSR count). The number of halogens is 1. The third kappa shape index (κ3) is 3.92. The van der Waals surface area contributed by atoms with Crippen LogP contribution in [0.25, 0.3) is 28.1 Å². The molecule has 2 aromatic carbocycles. The molecule has 1 unspecified atom stereocenters. The highest BCUT2D eigenvalue weighted by molar-refractivity contribution is 5.87. The summed E-state index contributed by atoms with van der Waals surface area (Å²) < 4.78 is 20.9. The maximum Gasteiger partial charge on any atom is 0.161 e. The van der Waals surface area contributed by atoms with E-state index in [1.54, 1.807) is 12.1 Å². The van der Waals surface area contributed by atoms with Crippen LogP contribution in [0.5, 0.6) is 5.75 Å². The summed E-state index contributed by atoms with van der Waals surface area (Å²) in [7, 11) is 0. The molecule has 7 heteroatoms. The monoisotopic (exact) mass is 415 g/mol. The van der Waals surface area contributed by atoms with Crippen molar-refractivity contribution in [2.24, 2.45) is 0 Å². The van der Waals surface area contributed by atoms with Crippen molar-refractivity contribution in [1.82, 2.24) is 25.3 Å². The fourth-order valence-corrected chi connectivity index (χ4v) is 3.79. The number of hydrogen-bond donors (Lipinski definition) is 2. The molecule has 0 saturated heterocycles. The van der Waals surface area contributed by atoms with Crippen LogP contribution in [0.15, 0.2) is 60.9 Å². The predicted octanol–water partition coefficient (Wildman–Crippen LogP) is 4.68. The molecule has 1 aliphatic heterocycles. The van der Waals surface area contributed by atoms with Crippen LogP contribution in [-0.4, -0.2) is 33.0 Å². The zero-order valence-corrected chi connectivity index (χ0v) is 17.1. The molecular formula is C24H22FN5O. The molecule has 4 aromatic rings. The van der Waals surface area contributed by atoms with Crippen molar-refractivity contribution in [1.29, 1.82) is 0 Å². The van der Waals surface area contributed by atoms with Gasteiger partial charge < -0.3 is 15.0 Å². The lowest BCUT2D eigenvalue weighted by molar-refractivity contribution is 0.226. The third-order valence-corrected chi connectivity index (χ3v) is 5.43. The summed E-state index contributed by atoms with van der Waals surface area (Å²) in [6.07, 6.45) is 4.31. The first-order chi connectivity index (χ1) is 15.2. The van der Waals surface area contributed by atoms with Gasteiger partial charge in [-0.15, -0.1) is 0 Å². The minimum absolute atomic E-state index is 0.186. The van der Waals surface area contributed by atoms with Crippen molar-refractivity contribution in [3.05, 3.63) is 78.0 Å². The summed E-state index contributed by atoms with van der Waals surface area (Å²) in [5.74, 6) is 0.480. The average Bonchev–Trinajstić information content (AvgIpc) is 3.24. The summed E-state index contributed by atoms with van der Waals surface area (Å²) in [4.78, 5) is 16.5. The van der Waals surface area contributed by atoms with Gasteiger partial charge in [-0.1, -0.05) is 36.4 Å². The Morgan fingerprint density at radius 2 is 1.97 bits per heavy atom. The highest BCUT2D eigenvalue weighted by atomic mass is 19.1. The minimum atomic E-state index is -0.410. The maximum absolute atomic E-state index is 15.0.